The van der Waals surface area contributed by atoms with Crippen molar-refractivity contribution in [3.05, 3.63) is 0 Å². The smallest absolute Gasteiger partial charge is 0.180 e. The Hall–Kier alpha value is -1.04. The predicted molar refractivity (Wildman–Crippen MR) is 72.8 cm³/mol. The summed E-state index contributed by atoms with van der Waals surface area (Å²) < 4.78 is 0. The van der Waals surface area contributed by atoms with Gasteiger partial charge in [0.25, 0.3) is 0 Å². The third-order valence-electron chi connectivity index (χ3n) is 4.30. The average molecular weight is 250 g/mol. The lowest BCUT2D eigenvalue weighted by Crippen LogP contribution is -2.59. The van der Waals surface area contributed by atoms with Crippen LogP contribution >= 0.6 is 0 Å². The first kappa shape index (κ1) is 15.0. The number of rotatable bonds is 3. The van der Waals surface area contributed by atoms with Crippen molar-refractivity contribution < 1.29 is 4.79 Å². The van der Waals surface area contributed by atoms with Crippen molar-refractivity contribution in [2.75, 3.05) is 0 Å². The fourth-order valence-electron chi connectivity index (χ4n) is 3.36. The van der Waals surface area contributed by atoms with E-state index in [1.807, 2.05) is 11.8 Å². The van der Waals surface area contributed by atoms with Crippen molar-refractivity contribution in [3.63, 3.8) is 0 Å². The van der Waals surface area contributed by atoms with E-state index in [9.17, 15) is 10.1 Å². The number of hydrogen-bond donors (Lipinski definition) is 0. The number of carbonyl (C=O) groups excluding carboxylic acids is 1. The highest BCUT2D eigenvalue weighted by Gasteiger charge is 2.47. The molecular weight excluding hydrogens is 224 g/mol. The van der Waals surface area contributed by atoms with Crippen molar-refractivity contribution in [2.24, 2.45) is 11.8 Å². The summed E-state index contributed by atoms with van der Waals surface area (Å²) in [5, 5.41) is 9.33. The minimum absolute atomic E-state index is 0.0922. The molecule has 3 nitrogen and oxygen atoms in total. The van der Waals surface area contributed by atoms with Gasteiger partial charge >= 0.3 is 0 Å². The van der Waals surface area contributed by atoms with Gasteiger partial charge in [0.2, 0.25) is 0 Å². The lowest BCUT2D eigenvalue weighted by Gasteiger charge is -2.52. The van der Waals surface area contributed by atoms with Crippen LogP contribution in [0, 0.1) is 23.3 Å². The summed E-state index contributed by atoms with van der Waals surface area (Å²) in [7, 11) is 0. The molecule has 1 aliphatic rings. The summed E-state index contributed by atoms with van der Waals surface area (Å²) in [6.07, 6.45) is 4.78. The number of piperidine rings is 1. The summed E-state index contributed by atoms with van der Waals surface area (Å²) in [6.45, 7) is 12.3. The van der Waals surface area contributed by atoms with E-state index in [2.05, 4.69) is 40.8 Å². The van der Waals surface area contributed by atoms with Gasteiger partial charge < -0.3 is 0 Å². The Morgan fingerprint density at radius 2 is 1.78 bits per heavy atom. The van der Waals surface area contributed by atoms with E-state index in [0.717, 1.165) is 19.3 Å². The Balaban J connectivity index is 2.97. The van der Waals surface area contributed by atoms with Crippen LogP contribution < -0.4 is 0 Å². The molecule has 0 amide bonds. The molecule has 102 valence electrons. The number of Topliss-reactive ketones (excluding diaryl/α,β-unsaturated/α-hetero) is 1. The standard InChI is InChI=1S/C15H26N2O/c1-7-11(2)13(18)12-8-14(3,4)17(10-16)15(5,6)9-12/h11-12H,7-9H2,1-6H3. The summed E-state index contributed by atoms with van der Waals surface area (Å²) >= 11 is 0. The molecule has 0 aromatic carbocycles. The minimum atomic E-state index is -0.232. The number of carbonyl (C=O) groups is 1. The molecule has 18 heavy (non-hydrogen) atoms. The van der Waals surface area contributed by atoms with Gasteiger partial charge in [-0.15, -0.1) is 0 Å². The summed E-state index contributed by atoms with van der Waals surface area (Å²) in [4.78, 5) is 14.3. The maximum atomic E-state index is 12.4. The summed E-state index contributed by atoms with van der Waals surface area (Å²) in [6, 6.07) is 0. The Labute approximate surface area is 111 Å². The van der Waals surface area contributed by atoms with Crippen LogP contribution in [0.25, 0.3) is 0 Å². The second-order valence-electron chi connectivity index (χ2n) is 6.88. The normalized spacial score (nSPS) is 24.4. The number of likely N-dealkylation sites (tertiary alicyclic amines) is 1. The Bertz CT molecular complexity index is 347. The van der Waals surface area contributed by atoms with Crippen LogP contribution in [-0.4, -0.2) is 21.8 Å². The first-order valence-electron chi connectivity index (χ1n) is 6.89. The zero-order chi connectivity index (χ0) is 14.1. The first-order chi connectivity index (χ1) is 8.15. The van der Waals surface area contributed by atoms with E-state index >= 15 is 0 Å². The highest BCUT2D eigenvalue weighted by atomic mass is 16.1. The van der Waals surface area contributed by atoms with E-state index < -0.39 is 0 Å². The number of nitrogens with zero attached hydrogens (tertiary/aromatic N) is 2. The van der Waals surface area contributed by atoms with Crippen LogP contribution in [0.2, 0.25) is 0 Å². The molecule has 0 bridgehead atoms. The largest absolute Gasteiger partial charge is 0.300 e. The van der Waals surface area contributed by atoms with Crippen LogP contribution in [-0.2, 0) is 4.79 Å². The molecule has 1 saturated heterocycles. The maximum Gasteiger partial charge on any atom is 0.180 e. The fourth-order valence-corrected chi connectivity index (χ4v) is 3.36. The van der Waals surface area contributed by atoms with Crippen LogP contribution in [0.4, 0.5) is 0 Å². The third-order valence-corrected chi connectivity index (χ3v) is 4.30. The quantitative estimate of drug-likeness (QED) is 0.721. The highest BCUT2D eigenvalue weighted by Crippen LogP contribution is 2.42. The second kappa shape index (κ2) is 4.91. The van der Waals surface area contributed by atoms with Gasteiger partial charge in [-0.05, 0) is 47.0 Å². The molecule has 1 unspecified atom stereocenters. The van der Waals surface area contributed by atoms with Crippen LogP contribution in [0.5, 0.6) is 0 Å². The summed E-state index contributed by atoms with van der Waals surface area (Å²) in [5.41, 5.74) is -0.464. The molecule has 0 aromatic rings. The molecule has 1 atom stereocenters. The number of nitriles is 1. The molecule has 1 heterocycles. The fraction of sp³-hybridized carbons (Fsp3) is 0.867. The minimum Gasteiger partial charge on any atom is -0.300 e. The predicted octanol–water partition coefficient (Wildman–Crippen LogP) is 3.35. The molecule has 0 aromatic heterocycles. The third kappa shape index (κ3) is 2.68. The highest BCUT2D eigenvalue weighted by molar-refractivity contribution is 5.83. The Kier molecular flexibility index (Phi) is 4.10. The molecule has 0 radical (unpaired) electrons. The van der Waals surface area contributed by atoms with Gasteiger partial charge in [0.05, 0.1) is 0 Å². The van der Waals surface area contributed by atoms with Gasteiger partial charge in [-0.1, -0.05) is 13.8 Å². The van der Waals surface area contributed by atoms with Crippen molar-refractivity contribution in [1.82, 2.24) is 4.90 Å². The number of hydrogen-bond acceptors (Lipinski definition) is 3. The molecule has 3 heteroatoms. The number of ketones is 1. The van der Waals surface area contributed by atoms with Crippen LogP contribution in [0.15, 0.2) is 0 Å². The van der Waals surface area contributed by atoms with Crippen molar-refractivity contribution in [1.29, 1.82) is 5.26 Å². The van der Waals surface area contributed by atoms with E-state index in [-0.39, 0.29) is 22.9 Å². The topological polar surface area (TPSA) is 44.1 Å². The average Bonchev–Trinajstić information content (AvgIpc) is 2.24. The van der Waals surface area contributed by atoms with Crippen molar-refractivity contribution in [2.45, 2.75) is 71.9 Å². The lowest BCUT2D eigenvalue weighted by molar-refractivity contribution is -0.132. The van der Waals surface area contributed by atoms with E-state index in [0.29, 0.717) is 5.78 Å². The van der Waals surface area contributed by atoms with Gasteiger partial charge in [0.15, 0.2) is 6.19 Å². The SMILES string of the molecule is CCC(C)C(=O)C1CC(C)(C)N(C#N)C(C)(C)C1. The molecular formula is C15H26N2O. The van der Waals surface area contributed by atoms with Crippen LogP contribution in [0.3, 0.4) is 0 Å². The Morgan fingerprint density at radius 1 is 1.33 bits per heavy atom. The molecule has 0 saturated carbocycles. The van der Waals surface area contributed by atoms with Crippen LogP contribution in [0.1, 0.15) is 60.8 Å². The zero-order valence-electron chi connectivity index (χ0n) is 12.6. The molecule has 0 aliphatic carbocycles. The van der Waals surface area contributed by atoms with Gasteiger partial charge in [-0.25, -0.2) is 0 Å². The van der Waals surface area contributed by atoms with E-state index in [4.69, 9.17) is 0 Å². The van der Waals surface area contributed by atoms with Crippen molar-refractivity contribution in [3.8, 4) is 6.19 Å². The molecule has 0 spiro atoms. The van der Waals surface area contributed by atoms with E-state index in [1.165, 1.54) is 0 Å². The maximum absolute atomic E-state index is 12.4. The second-order valence-corrected chi connectivity index (χ2v) is 6.88. The Morgan fingerprint density at radius 3 is 2.11 bits per heavy atom. The van der Waals surface area contributed by atoms with Gasteiger partial charge in [0, 0.05) is 22.9 Å². The molecule has 1 rings (SSSR count). The van der Waals surface area contributed by atoms with Gasteiger partial charge in [-0.2, -0.15) is 5.26 Å². The molecule has 1 aliphatic heterocycles. The zero-order valence-corrected chi connectivity index (χ0v) is 12.6. The lowest BCUT2D eigenvalue weighted by atomic mass is 9.70. The summed E-state index contributed by atoms with van der Waals surface area (Å²) in [5.74, 6) is 0.598. The van der Waals surface area contributed by atoms with Crippen molar-refractivity contribution >= 4 is 5.78 Å². The monoisotopic (exact) mass is 250 g/mol. The molecule has 0 N–H and O–H groups in total. The van der Waals surface area contributed by atoms with Gasteiger partial charge in [-0.3, -0.25) is 9.69 Å². The molecule has 1 fully saturated rings. The first-order valence-corrected chi connectivity index (χ1v) is 6.89. The van der Waals surface area contributed by atoms with E-state index in [1.54, 1.807) is 0 Å². The van der Waals surface area contributed by atoms with Gasteiger partial charge in [0.1, 0.15) is 5.78 Å².